The number of halogens is 1. The van der Waals surface area contributed by atoms with Crippen LogP contribution in [0.15, 0.2) is 24.3 Å². The van der Waals surface area contributed by atoms with Gasteiger partial charge in [-0.3, -0.25) is 4.79 Å². The monoisotopic (exact) mass is 377 g/mol. The number of benzene rings is 1. The van der Waals surface area contributed by atoms with E-state index in [1.807, 2.05) is 0 Å². The zero-order chi connectivity index (χ0) is 17.8. The van der Waals surface area contributed by atoms with Crippen molar-refractivity contribution in [3.63, 3.8) is 0 Å². The van der Waals surface area contributed by atoms with E-state index in [2.05, 4.69) is 5.32 Å². The zero-order valence-electron chi connectivity index (χ0n) is 14.1. The van der Waals surface area contributed by atoms with Crippen molar-refractivity contribution in [3.8, 4) is 0 Å². The minimum atomic E-state index is -0.353. The van der Waals surface area contributed by atoms with E-state index in [0.717, 1.165) is 37.7 Å². The number of hydrogen-bond donors (Lipinski definition) is 1. The number of carbonyl (C=O) groups excluding carboxylic acids is 2. The summed E-state index contributed by atoms with van der Waals surface area (Å²) in [5, 5.41) is 4.06. The molecular weight excluding hydrogens is 358 g/mol. The molecule has 6 heteroatoms. The van der Waals surface area contributed by atoms with Crippen LogP contribution < -0.4 is 5.32 Å². The van der Waals surface area contributed by atoms with Gasteiger partial charge in [-0.05, 0) is 62.4 Å². The van der Waals surface area contributed by atoms with Gasteiger partial charge >= 0.3 is 5.97 Å². The molecule has 2 aromatic rings. The Morgan fingerprint density at radius 1 is 1.16 bits per heavy atom. The summed E-state index contributed by atoms with van der Waals surface area (Å²) < 4.78 is 5.24. The second-order valence-electron chi connectivity index (χ2n) is 5.95. The molecule has 0 aliphatic heterocycles. The maximum absolute atomic E-state index is 12.5. The summed E-state index contributed by atoms with van der Waals surface area (Å²) in [6.07, 6.45) is 5.14. The Kier molecular flexibility index (Phi) is 5.76. The number of esters is 1. The van der Waals surface area contributed by atoms with Crippen LogP contribution in [-0.2, 0) is 17.6 Å². The van der Waals surface area contributed by atoms with Gasteiger partial charge in [-0.2, -0.15) is 0 Å². The molecule has 0 fully saturated rings. The van der Waals surface area contributed by atoms with Crippen LogP contribution in [0.3, 0.4) is 0 Å². The van der Waals surface area contributed by atoms with Crippen LogP contribution in [0, 0.1) is 0 Å². The van der Waals surface area contributed by atoms with E-state index in [1.165, 1.54) is 16.2 Å². The number of carbonyl (C=O) groups is 2. The molecule has 0 unspecified atom stereocenters. The van der Waals surface area contributed by atoms with Crippen molar-refractivity contribution in [2.24, 2.45) is 0 Å². The largest absolute Gasteiger partial charge is 0.462 e. The molecule has 0 bridgehead atoms. The summed E-state index contributed by atoms with van der Waals surface area (Å²) in [7, 11) is 0. The molecule has 0 atom stereocenters. The first-order valence-corrected chi connectivity index (χ1v) is 9.68. The number of nitrogens with one attached hydrogen (secondary N) is 1. The topological polar surface area (TPSA) is 55.4 Å². The van der Waals surface area contributed by atoms with Crippen molar-refractivity contribution in [3.05, 3.63) is 50.9 Å². The molecule has 1 aliphatic rings. The fourth-order valence-electron chi connectivity index (χ4n) is 3.03. The van der Waals surface area contributed by atoms with E-state index in [4.69, 9.17) is 16.3 Å². The van der Waals surface area contributed by atoms with E-state index in [0.29, 0.717) is 27.8 Å². The van der Waals surface area contributed by atoms with E-state index < -0.39 is 0 Å². The van der Waals surface area contributed by atoms with E-state index in [9.17, 15) is 9.59 Å². The normalized spacial score (nSPS) is 13.7. The number of anilines is 1. The van der Waals surface area contributed by atoms with Crippen molar-refractivity contribution in [1.82, 2.24) is 0 Å². The SMILES string of the molecule is CCOC(=O)c1c(NC(=O)c2ccc(Cl)cc2)sc2c1CCCCC2. The number of thiophene rings is 1. The molecule has 0 saturated heterocycles. The third-order valence-electron chi connectivity index (χ3n) is 4.23. The Labute approximate surface area is 156 Å². The Balaban J connectivity index is 1.93. The molecule has 25 heavy (non-hydrogen) atoms. The highest BCUT2D eigenvalue weighted by Crippen LogP contribution is 2.38. The number of ether oxygens (including phenoxy) is 1. The van der Waals surface area contributed by atoms with Gasteiger partial charge in [0.1, 0.15) is 5.00 Å². The lowest BCUT2D eigenvalue weighted by molar-refractivity contribution is 0.0527. The van der Waals surface area contributed by atoms with Gasteiger partial charge in [0.2, 0.25) is 0 Å². The molecule has 1 aliphatic carbocycles. The van der Waals surface area contributed by atoms with Crippen LogP contribution in [0.1, 0.15) is 57.3 Å². The minimum absolute atomic E-state index is 0.251. The lowest BCUT2D eigenvalue weighted by atomic mass is 10.1. The first kappa shape index (κ1) is 18.0. The van der Waals surface area contributed by atoms with Crippen LogP contribution in [0.2, 0.25) is 5.02 Å². The van der Waals surface area contributed by atoms with Crippen LogP contribution in [0.4, 0.5) is 5.00 Å². The summed E-state index contributed by atoms with van der Waals surface area (Å²) >= 11 is 7.37. The quantitative estimate of drug-likeness (QED) is 0.595. The lowest BCUT2D eigenvalue weighted by Crippen LogP contribution is -2.15. The predicted octanol–water partition coefficient (Wildman–Crippen LogP) is 5.10. The summed E-state index contributed by atoms with van der Waals surface area (Å²) in [4.78, 5) is 26.2. The lowest BCUT2D eigenvalue weighted by Gasteiger charge is -2.08. The molecule has 0 radical (unpaired) electrons. The van der Waals surface area contributed by atoms with Crippen molar-refractivity contribution < 1.29 is 14.3 Å². The second kappa shape index (κ2) is 8.02. The van der Waals surface area contributed by atoms with Crippen LogP contribution in [-0.4, -0.2) is 18.5 Å². The molecule has 1 aromatic carbocycles. The van der Waals surface area contributed by atoms with E-state index in [1.54, 1.807) is 31.2 Å². The molecular formula is C19H20ClNO3S. The average molecular weight is 378 g/mol. The van der Waals surface area contributed by atoms with Gasteiger partial charge in [0.25, 0.3) is 5.91 Å². The molecule has 1 aromatic heterocycles. The number of amides is 1. The van der Waals surface area contributed by atoms with Crippen molar-refractivity contribution in [2.45, 2.75) is 39.0 Å². The highest BCUT2D eigenvalue weighted by molar-refractivity contribution is 7.17. The molecule has 0 saturated carbocycles. The Morgan fingerprint density at radius 2 is 1.88 bits per heavy atom. The third kappa shape index (κ3) is 4.05. The van der Waals surface area contributed by atoms with Gasteiger partial charge in [-0.15, -0.1) is 11.3 Å². The molecule has 3 rings (SSSR count). The van der Waals surface area contributed by atoms with Gasteiger partial charge in [-0.1, -0.05) is 18.0 Å². The van der Waals surface area contributed by atoms with Crippen molar-refractivity contribution >= 4 is 39.8 Å². The highest BCUT2D eigenvalue weighted by Gasteiger charge is 2.26. The molecule has 1 amide bonds. The van der Waals surface area contributed by atoms with Gasteiger partial charge < -0.3 is 10.1 Å². The Hall–Kier alpha value is -1.85. The zero-order valence-corrected chi connectivity index (χ0v) is 15.6. The first-order chi connectivity index (χ1) is 12.1. The molecule has 0 spiro atoms. The Bertz CT molecular complexity index is 783. The first-order valence-electron chi connectivity index (χ1n) is 8.48. The van der Waals surface area contributed by atoms with Crippen LogP contribution in [0.25, 0.3) is 0 Å². The van der Waals surface area contributed by atoms with E-state index >= 15 is 0 Å². The summed E-state index contributed by atoms with van der Waals surface area (Å²) in [5.41, 5.74) is 2.08. The maximum Gasteiger partial charge on any atom is 0.341 e. The molecule has 1 heterocycles. The fraction of sp³-hybridized carbons (Fsp3) is 0.368. The van der Waals surface area contributed by atoms with Gasteiger partial charge in [0, 0.05) is 15.5 Å². The van der Waals surface area contributed by atoms with Gasteiger partial charge in [0.15, 0.2) is 0 Å². The molecule has 1 N–H and O–H groups in total. The molecule has 132 valence electrons. The number of rotatable bonds is 4. The number of fused-ring (bicyclic) bond motifs is 1. The third-order valence-corrected chi connectivity index (χ3v) is 5.69. The van der Waals surface area contributed by atoms with Crippen LogP contribution >= 0.6 is 22.9 Å². The Morgan fingerprint density at radius 3 is 2.60 bits per heavy atom. The highest BCUT2D eigenvalue weighted by atomic mass is 35.5. The molecule has 4 nitrogen and oxygen atoms in total. The van der Waals surface area contributed by atoms with Gasteiger partial charge in [0.05, 0.1) is 12.2 Å². The minimum Gasteiger partial charge on any atom is -0.462 e. The summed E-state index contributed by atoms with van der Waals surface area (Å²) in [5.74, 6) is -0.605. The fourth-order valence-corrected chi connectivity index (χ4v) is 4.42. The van der Waals surface area contributed by atoms with Crippen molar-refractivity contribution in [1.29, 1.82) is 0 Å². The summed E-state index contributed by atoms with van der Waals surface area (Å²) in [6.45, 7) is 2.10. The van der Waals surface area contributed by atoms with Crippen molar-refractivity contribution in [2.75, 3.05) is 11.9 Å². The maximum atomic E-state index is 12.5. The van der Waals surface area contributed by atoms with Gasteiger partial charge in [-0.25, -0.2) is 4.79 Å². The number of aryl methyl sites for hydroxylation is 1. The average Bonchev–Trinajstić information content (AvgIpc) is 2.76. The number of hydrogen-bond acceptors (Lipinski definition) is 4. The smallest absolute Gasteiger partial charge is 0.341 e. The summed E-state index contributed by atoms with van der Waals surface area (Å²) in [6, 6.07) is 6.68. The second-order valence-corrected chi connectivity index (χ2v) is 7.49. The van der Waals surface area contributed by atoms with E-state index in [-0.39, 0.29) is 11.9 Å². The standard InChI is InChI=1S/C19H20ClNO3S/c1-2-24-19(23)16-14-6-4-3-5-7-15(14)25-18(16)21-17(22)12-8-10-13(20)11-9-12/h8-11H,2-7H2,1H3,(H,21,22). The van der Waals surface area contributed by atoms with Crippen LogP contribution in [0.5, 0.6) is 0 Å². The predicted molar refractivity (Wildman–Crippen MR) is 101 cm³/mol.